The number of aliphatic imine (C=N–C) groups is 1. The van der Waals surface area contributed by atoms with Gasteiger partial charge in [-0.15, -0.1) is 0 Å². The van der Waals surface area contributed by atoms with Crippen molar-refractivity contribution in [3.63, 3.8) is 0 Å². The van der Waals surface area contributed by atoms with E-state index in [1.807, 2.05) is 24.3 Å². The van der Waals surface area contributed by atoms with Crippen molar-refractivity contribution in [1.29, 1.82) is 0 Å². The maximum atomic E-state index is 13.0. The number of nitrogens with two attached hydrogens (primary N) is 1. The van der Waals surface area contributed by atoms with Crippen molar-refractivity contribution < 1.29 is 8.91 Å². The fourth-order valence-electron chi connectivity index (χ4n) is 3.44. The van der Waals surface area contributed by atoms with Crippen molar-refractivity contribution in [1.82, 2.24) is 15.0 Å². The van der Waals surface area contributed by atoms with Crippen molar-refractivity contribution in [2.24, 2.45) is 10.7 Å². The summed E-state index contributed by atoms with van der Waals surface area (Å²) in [6.07, 6.45) is 1.35. The van der Waals surface area contributed by atoms with E-state index in [2.05, 4.69) is 24.9 Å². The van der Waals surface area contributed by atoms with Gasteiger partial charge in [-0.3, -0.25) is 4.99 Å². The largest absolute Gasteiger partial charge is 0.370 e. The lowest BCUT2D eigenvalue weighted by Crippen LogP contribution is -2.51. The van der Waals surface area contributed by atoms with Crippen molar-refractivity contribution in [3.8, 4) is 11.4 Å². The summed E-state index contributed by atoms with van der Waals surface area (Å²) < 4.78 is 18.3. The average Bonchev–Trinajstić information content (AvgIpc) is 3.27. The molecular weight excluding hydrogens is 419 g/mol. The van der Waals surface area contributed by atoms with Gasteiger partial charge in [-0.05, 0) is 55.0 Å². The first-order valence-electron chi connectivity index (χ1n) is 10.2. The predicted octanol–water partition coefficient (Wildman–Crippen LogP) is 3.60. The standard InChI is InChI=1S/C22H24ClFN6O/c23-17-5-9-19(10-6-17)29-12-14-30(15-13-29)22(25)26-11-1-2-20-27-21(28-31-20)16-3-7-18(24)8-4-16/h3-10H,1-2,11-15H2,(H2,25,26). The third kappa shape index (κ3) is 5.52. The molecule has 0 bridgehead atoms. The molecule has 0 amide bonds. The molecule has 0 spiro atoms. The third-order valence-electron chi connectivity index (χ3n) is 5.19. The molecule has 2 heterocycles. The second kappa shape index (κ2) is 9.78. The summed E-state index contributed by atoms with van der Waals surface area (Å²) >= 11 is 5.96. The molecule has 9 heteroatoms. The summed E-state index contributed by atoms with van der Waals surface area (Å²) in [7, 11) is 0. The van der Waals surface area contributed by atoms with E-state index in [-0.39, 0.29) is 5.82 Å². The van der Waals surface area contributed by atoms with Crippen LogP contribution in [0.25, 0.3) is 11.4 Å². The van der Waals surface area contributed by atoms with Crippen molar-refractivity contribution in [3.05, 3.63) is 65.3 Å². The van der Waals surface area contributed by atoms with E-state index in [1.165, 1.54) is 17.8 Å². The number of anilines is 1. The predicted molar refractivity (Wildman–Crippen MR) is 120 cm³/mol. The van der Waals surface area contributed by atoms with E-state index in [1.54, 1.807) is 12.1 Å². The van der Waals surface area contributed by atoms with E-state index < -0.39 is 0 Å². The molecule has 3 aromatic rings. The Hall–Kier alpha value is -3.13. The number of hydrogen-bond acceptors (Lipinski definition) is 5. The molecule has 1 aromatic heterocycles. The lowest BCUT2D eigenvalue weighted by Gasteiger charge is -2.36. The molecule has 162 valence electrons. The summed E-state index contributed by atoms with van der Waals surface area (Å²) in [5, 5.41) is 4.69. The molecule has 0 aliphatic carbocycles. The van der Waals surface area contributed by atoms with Crippen LogP contribution in [-0.2, 0) is 6.42 Å². The molecular formula is C22H24ClFN6O. The summed E-state index contributed by atoms with van der Waals surface area (Å²) in [6.45, 7) is 3.99. The summed E-state index contributed by atoms with van der Waals surface area (Å²) in [5.74, 6) is 1.25. The zero-order chi connectivity index (χ0) is 21.6. The van der Waals surface area contributed by atoms with Crippen LogP contribution in [0.2, 0.25) is 5.02 Å². The lowest BCUT2D eigenvalue weighted by atomic mass is 10.2. The van der Waals surface area contributed by atoms with Crippen LogP contribution in [0.3, 0.4) is 0 Å². The van der Waals surface area contributed by atoms with Gasteiger partial charge in [0.05, 0.1) is 0 Å². The number of halogens is 2. The average molecular weight is 443 g/mol. The van der Waals surface area contributed by atoms with Crippen LogP contribution >= 0.6 is 11.6 Å². The lowest BCUT2D eigenvalue weighted by molar-refractivity contribution is 0.374. The highest BCUT2D eigenvalue weighted by molar-refractivity contribution is 6.30. The van der Waals surface area contributed by atoms with Crippen molar-refractivity contribution in [2.45, 2.75) is 12.8 Å². The minimum absolute atomic E-state index is 0.297. The highest BCUT2D eigenvalue weighted by atomic mass is 35.5. The van der Waals surface area contributed by atoms with Crippen molar-refractivity contribution >= 4 is 23.2 Å². The van der Waals surface area contributed by atoms with Crippen molar-refractivity contribution in [2.75, 3.05) is 37.6 Å². The van der Waals surface area contributed by atoms with Crippen LogP contribution in [0, 0.1) is 5.82 Å². The Balaban J connectivity index is 1.22. The van der Waals surface area contributed by atoms with Crippen LogP contribution < -0.4 is 10.6 Å². The minimum atomic E-state index is -0.297. The van der Waals surface area contributed by atoms with Gasteiger partial charge in [0.15, 0.2) is 5.96 Å². The fraction of sp³-hybridized carbons (Fsp3) is 0.318. The smallest absolute Gasteiger partial charge is 0.227 e. The third-order valence-corrected chi connectivity index (χ3v) is 5.44. The van der Waals surface area contributed by atoms with E-state index >= 15 is 0 Å². The molecule has 2 N–H and O–H groups in total. The van der Waals surface area contributed by atoms with E-state index in [0.29, 0.717) is 30.6 Å². The number of benzene rings is 2. The van der Waals surface area contributed by atoms with Crippen LogP contribution in [0.15, 0.2) is 58.0 Å². The molecule has 31 heavy (non-hydrogen) atoms. The van der Waals surface area contributed by atoms with E-state index in [9.17, 15) is 4.39 Å². The first-order chi connectivity index (χ1) is 15.1. The van der Waals surface area contributed by atoms with Crippen LogP contribution in [-0.4, -0.2) is 53.7 Å². The molecule has 0 saturated carbocycles. The van der Waals surface area contributed by atoms with Gasteiger partial charge in [0.2, 0.25) is 11.7 Å². The number of rotatable bonds is 6. The van der Waals surface area contributed by atoms with Gasteiger partial charge in [0, 0.05) is 55.4 Å². The first-order valence-corrected chi connectivity index (χ1v) is 10.6. The highest BCUT2D eigenvalue weighted by Crippen LogP contribution is 2.19. The maximum absolute atomic E-state index is 13.0. The van der Waals surface area contributed by atoms with Gasteiger partial charge in [0.1, 0.15) is 5.82 Å². The zero-order valence-electron chi connectivity index (χ0n) is 17.0. The number of aromatic nitrogens is 2. The number of guanidine groups is 1. The Kier molecular flexibility index (Phi) is 6.66. The highest BCUT2D eigenvalue weighted by Gasteiger charge is 2.18. The van der Waals surface area contributed by atoms with Gasteiger partial charge < -0.3 is 20.1 Å². The number of aryl methyl sites for hydroxylation is 1. The summed E-state index contributed by atoms with van der Waals surface area (Å²) in [4.78, 5) is 13.3. The van der Waals surface area contributed by atoms with Gasteiger partial charge >= 0.3 is 0 Å². The quantitative estimate of drug-likeness (QED) is 0.357. The van der Waals surface area contributed by atoms with Crippen LogP contribution in [0.5, 0.6) is 0 Å². The summed E-state index contributed by atoms with van der Waals surface area (Å²) in [6, 6.07) is 13.9. The van der Waals surface area contributed by atoms with Gasteiger partial charge in [-0.25, -0.2) is 4.39 Å². The number of nitrogens with zero attached hydrogens (tertiary/aromatic N) is 5. The molecule has 0 unspecified atom stereocenters. The molecule has 1 fully saturated rings. The normalized spacial score (nSPS) is 14.8. The zero-order valence-corrected chi connectivity index (χ0v) is 17.8. The molecule has 4 rings (SSSR count). The second-order valence-corrected chi connectivity index (χ2v) is 7.75. The SMILES string of the molecule is NC(=NCCCc1nc(-c2ccc(F)cc2)no1)N1CCN(c2ccc(Cl)cc2)CC1. The number of hydrogen-bond donors (Lipinski definition) is 1. The monoisotopic (exact) mass is 442 g/mol. The second-order valence-electron chi connectivity index (χ2n) is 7.31. The molecule has 1 saturated heterocycles. The Bertz CT molecular complexity index is 1010. The minimum Gasteiger partial charge on any atom is -0.370 e. The Morgan fingerprint density at radius 3 is 2.48 bits per heavy atom. The molecule has 1 aliphatic heterocycles. The fourth-order valence-corrected chi connectivity index (χ4v) is 3.57. The van der Waals surface area contributed by atoms with E-state index in [0.717, 1.165) is 43.2 Å². The maximum Gasteiger partial charge on any atom is 0.227 e. The Labute approximate surface area is 185 Å². The topological polar surface area (TPSA) is 83.8 Å². The van der Waals surface area contributed by atoms with Gasteiger partial charge in [-0.2, -0.15) is 4.98 Å². The van der Waals surface area contributed by atoms with Crippen LogP contribution in [0.1, 0.15) is 12.3 Å². The Morgan fingerprint density at radius 1 is 1.06 bits per heavy atom. The molecule has 0 radical (unpaired) electrons. The number of piperazine rings is 1. The molecule has 2 aromatic carbocycles. The molecule has 1 aliphatic rings. The van der Waals surface area contributed by atoms with Gasteiger partial charge in [-0.1, -0.05) is 16.8 Å². The first kappa shape index (κ1) is 21.1. The summed E-state index contributed by atoms with van der Waals surface area (Å²) in [5.41, 5.74) is 8.07. The van der Waals surface area contributed by atoms with Gasteiger partial charge in [0.25, 0.3) is 0 Å². The van der Waals surface area contributed by atoms with Crippen LogP contribution in [0.4, 0.5) is 10.1 Å². The Morgan fingerprint density at radius 2 is 1.77 bits per heavy atom. The van der Waals surface area contributed by atoms with E-state index in [4.69, 9.17) is 21.9 Å². The molecule has 7 nitrogen and oxygen atoms in total. The molecule has 0 atom stereocenters.